The van der Waals surface area contributed by atoms with Crippen molar-refractivity contribution in [3.05, 3.63) is 27.7 Å². The molecular weight excluding hydrogens is 291 g/mol. The maximum atomic E-state index is 13.4. The molecule has 1 aromatic heterocycles. The van der Waals surface area contributed by atoms with Crippen LogP contribution in [0.25, 0.3) is 11.0 Å². The number of nitrogens with zero attached hydrogens (tertiary/aromatic N) is 1. The largest absolute Gasteiger partial charge is 0.330 e. The average molecular weight is 303 g/mol. The van der Waals surface area contributed by atoms with Crippen molar-refractivity contribution < 1.29 is 4.39 Å². The maximum absolute atomic E-state index is 13.4. The molecule has 0 saturated carbocycles. The Kier molecular flexibility index (Phi) is 3.38. The summed E-state index contributed by atoms with van der Waals surface area (Å²) in [6.45, 7) is 0. The van der Waals surface area contributed by atoms with Crippen LogP contribution in [0.5, 0.6) is 0 Å². The summed E-state index contributed by atoms with van der Waals surface area (Å²) in [7, 11) is 0. The van der Waals surface area contributed by atoms with Crippen LogP contribution in [-0.2, 0) is 0 Å². The van der Waals surface area contributed by atoms with Gasteiger partial charge in [0.05, 0.1) is 16.1 Å². The molecule has 3 rings (SSSR count). The van der Waals surface area contributed by atoms with Gasteiger partial charge in [-0.05, 0) is 42.6 Å². The first-order valence-electron chi connectivity index (χ1n) is 5.84. The Morgan fingerprint density at radius 1 is 1.39 bits per heavy atom. The summed E-state index contributed by atoms with van der Waals surface area (Å²) < 4.78 is 16.2. The molecule has 0 aliphatic carbocycles. The van der Waals surface area contributed by atoms with Gasteiger partial charge in [-0.1, -0.05) is 11.6 Å². The third kappa shape index (κ3) is 2.08. The van der Waals surface area contributed by atoms with Crippen LogP contribution in [0.1, 0.15) is 18.9 Å². The molecule has 1 aromatic carbocycles. The smallest absolute Gasteiger partial charge is 0.178 e. The van der Waals surface area contributed by atoms with Gasteiger partial charge in [0.2, 0.25) is 0 Å². The summed E-state index contributed by atoms with van der Waals surface area (Å²) in [5, 5.41) is 0.149. The van der Waals surface area contributed by atoms with Crippen molar-refractivity contribution >= 4 is 46.6 Å². The van der Waals surface area contributed by atoms with Crippen molar-refractivity contribution in [2.75, 3.05) is 11.5 Å². The van der Waals surface area contributed by atoms with E-state index in [9.17, 15) is 4.39 Å². The predicted molar refractivity (Wildman–Crippen MR) is 77.7 cm³/mol. The molecule has 1 aliphatic heterocycles. The molecule has 2 aromatic rings. The standard InChI is InChI=1S/C12H12ClFN2S2/c13-8-5-11-10(6-9(8)14)15-12(17)16(11)7-1-3-18-4-2-7/h5-7H,1-4H2,(H,15,17). The van der Waals surface area contributed by atoms with E-state index >= 15 is 0 Å². The van der Waals surface area contributed by atoms with Crippen LogP contribution in [0.15, 0.2) is 12.1 Å². The second-order valence-electron chi connectivity index (χ2n) is 4.43. The molecule has 0 unspecified atom stereocenters. The van der Waals surface area contributed by atoms with E-state index in [1.165, 1.54) is 6.07 Å². The zero-order chi connectivity index (χ0) is 12.7. The lowest BCUT2D eigenvalue weighted by Crippen LogP contribution is -2.15. The van der Waals surface area contributed by atoms with Crippen molar-refractivity contribution in [3.63, 3.8) is 0 Å². The molecule has 0 bridgehead atoms. The Hall–Kier alpha value is -0.520. The van der Waals surface area contributed by atoms with Gasteiger partial charge in [-0.15, -0.1) is 0 Å². The second-order valence-corrected chi connectivity index (χ2v) is 6.45. The highest BCUT2D eigenvalue weighted by Crippen LogP contribution is 2.32. The third-order valence-corrected chi connectivity index (χ3v) is 4.95. The number of hydrogen-bond acceptors (Lipinski definition) is 2. The lowest BCUT2D eigenvalue weighted by molar-refractivity contribution is 0.476. The Morgan fingerprint density at radius 3 is 2.83 bits per heavy atom. The van der Waals surface area contributed by atoms with E-state index < -0.39 is 5.82 Å². The molecule has 18 heavy (non-hydrogen) atoms. The van der Waals surface area contributed by atoms with E-state index in [-0.39, 0.29) is 5.02 Å². The SMILES string of the molecule is Fc1cc2[nH]c(=S)n(C3CCSCC3)c2cc1Cl. The first-order valence-corrected chi connectivity index (χ1v) is 7.78. The van der Waals surface area contributed by atoms with Gasteiger partial charge in [0.15, 0.2) is 4.77 Å². The van der Waals surface area contributed by atoms with Crippen molar-refractivity contribution in [1.82, 2.24) is 9.55 Å². The molecule has 0 amide bonds. The Balaban J connectivity index is 2.18. The number of imidazole rings is 1. The lowest BCUT2D eigenvalue weighted by Gasteiger charge is -2.23. The number of hydrogen-bond donors (Lipinski definition) is 1. The monoisotopic (exact) mass is 302 g/mol. The Morgan fingerprint density at radius 2 is 2.11 bits per heavy atom. The van der Waals surface area contributed by atoms with Gasteiger partial charge in [-0.2, -0.15) is 11.8 Å². The first-order chi connectivity index (χ1) is 8.66. The Labute approximate surface area is 119 Å². The number of halogens is 2. The zero-order valence-electron chi connectivity index (χ0n) is 9.58. The van der Waals surface area contributed by atoms with Crippen LogP contribution in [0.3, 0.4) is 0 Å². The highest BCUT2D eigenvalue weighted by Gasteiger charge is 2.19. The van der Waals surface area contributed by atoms with Crippen LogP contribution in [-0.4, -0.2) is 21.1 Å². The second kappa shape index (κ2) is 4.87. The quantitative estimate of drug-likeness (QED) is 0.780. The molecule has 1 aliphatic rings. The van der Waals surface area contributed by atoms with Crippen LogP contribution < -0.4 is 0 Å². The van der Waals surface area contributed by atoms with E-state index in [1.54, 1.807) is 6.07 Å². The maximum Gasteiger partial charge on any atom is 0.178 e. The minimum absolute atomic E-state index is 0.149. The molecule has 0 atom stereocenters. The summed E-state index contributed by atoms with van der Waals surface area (Å²) >= 11 is 13.2. The highest BCUT2D eigenvalue weighted by atomic mass is 35.5. The van der Waals surface area contributed by atoms with E-state index in [0.29, 0.717) is 10.8 Å². The number of nitrogens with one attached hydrogen (secondary N) is 1. The fraction of sp³-hybridized carbons (Fsp3) is 0.417. The number of benzene rings is 1. The van der Waals surface area contributed by atoms with Crippen molar-refractivity contribution in [2.24, 2.45) is 0 Å². The third-order valence-electron chi connectivity index (χ3n) is 3.31. The fourth-order valence-corrected chi connectivity index (χ4v) is 4.02. The number of thioether (sulfide) groups is 1. The predicted octanol–water partition coefficient (Wildman–Crippen LogP) is 4.56. The fourth-order valence-electron chi connectivity index (χ4n) is 2.43. The topological polar surface area (TPSA) is 20.7 Å². The summed E-state index contributed by atoms with van der Waals surface area (Å²) in [5.74, 6) is 1.88. The summed E-state index contributed by atoms with van der Waals surface area (Å²) in [5.41, 5.74) is 1.63. The van der Waals surface area contributed by atoms with Crippen LogP contribution >= 0.6 is 35.6 Å². The summed E-state index contributed by atoms with van der Waals surface area (Å²) in [6.07, 6.45) is 2.20. The van der Waals surface area contributed by atoms with Crippen LogP contribution in [0.4, 0.5) is 4.39 Å². The van der Waals surface area contributed by atoms with Gasteiger partial charge < -0.3 is 9.55 Å². The highest BCUT2D eigenvalue weighted by molar-refractivity contribution is 7.99. The zero-order valence-corrected chi connectivity index (χ0v) is 12.0. The van der Waals surface area contributed by atoms with Crippen molar-refractivity contribution in [3.8, 4) is 0 Å². The van der Waals surface area contributed by atoms with Crippen molar-refractivity contribution in [2.45, 2.75) is 18.9 Å². The normalized spacial score (nSPS) is 17.4. The molecule has 1 saturated heterocycles. The van der Waals surface area contributed by atoms with Gasteiger partial charge in [-0.3, -0.25) is 0 Å². The average Bonchev–Trinajstić information content (AvgIpc) is 2.66. The van der Waals surface area contributed by atoms with Crippen LogP contribution in [0, 0.1) is 10.6 Å². The molecule has 6 heteroatoms. The van der Waals surface area contributed by atoms with E-state index in [1.807, 2.05) is 11.8 Å². The number of rotatable bonds is 1. The van der Waals surface area contributed by atoms with Crippen molar-refractivity contribution in [1.29, 1.82) is 0 Å². The van der Waals surface area contributed by atoms with Gasteiger partial charge in [0.1, 0.15) is 5.82 Å². The molecular formula is C12H12ClFN2S2. The van der Waals surface area contributed by atoms with E-state index in [2.05, 4.69) is 9.55 Å². The molecule has 1 fully saturated rings. The lowest BCUT2D eigenvalue weighted by atomic mass is 10.1. The molecule has 0 spiro atoms. The Bertz CT molecular complexity index is 643. The summed E-state index contributed by atoms with van der Waals surface area (Å²) in [6, 6.07) is 3.48. The molecule has 1 N–H and O–H groups in total. The first kappa shape index (κ1) is 12.5. The van der Waals surface area contributed by atoms with Gasteiger partial charge in [0, 0.05) is 12.1 Å². The minimum Gasteiger partial charge on any atom is -0.330 e. The number of H-pyrrole nitrogens is 1. The van der Waals surface area contributed by atoms with Gasteiger partial charge in [0.25, 0.3) is 0 Å². The molecule has 0 radical (unpaired) electrons. The van der Waals surface area contributed by atoms with E-state index in [0.717, 1.165) is 35.4 Å². The molecule has 96 valence electrons. The van der Waals surface area contributed by atoms with E-state index in [4.69, 9.17) is 23.8 Å². The van der Waals surface area contributed by atoms with Gasteiger partial charge in [-0.25, -0.2) is 4.39 Å². The number of aromatic nitrogens is 2. The number of fused-ring (bicyclic) bond motifs is 1. The molecule has 2 nitrogen and oxygen atoms in total. The summed E-state index contributed by atoms with van der Waals surface area (Å²) in [4.78, 5) is 3.06. The molecule has 2 heterocycles. The number of aromatic amines is 1. The van der Waals surface area contributed by atoms with Gasteiger partial charge >= 0.3 is 0 Å². The minimum atomic E-state index is -0.410. The van der Waals surface area contributed by atoms with Crippen LogP contribution in [0.2, 0.25) is 5.02 Å².